The summed E-state index contributed by atoms with van der Waals surface area (Å²) < 4.78 is 9.48. The number of nitrogens with one attached hydrogen (secondary N) is 1. The Morgan fingerprint density at radius 3 is 2.43 bits per heavy atom. The second-order valence-electron chi connectivity index (χ2n) is 8.85. The maximum absolute atomic E-state index is 5.54. The normalized spacial score (nSPS) is 13.9. The zero-order valence-electron chi connectivity index (χ0n) is 19.8. The summed E-state index contributed by atoms with van der Waals surface area (Å²) in [5.41, 5.74) is 6.32. The number of ether oxygens (including phenoxy) is 1. The first-order valence-corrected chi connectivity index (χ1v) is 11.8. The highest BCUT2D eigenvalue weighted by Crippen LogP contribution is 2.29. The molecule has 1 N–H and O–H groups in total. The Morgan fingerprint density at radius 1 is 0.857 bits per heavy atom. The van der Waals surface area contributed by atoms with Crippen molar-refractivity contribution in [2.75, 3.05) is 36.5 Å². The molecule has 4 heterocycles. The molecule has 1 saturated heterocycles. The van der Waals surface area contributed by atoms with Crippen LogP contribution in [0, 0.1) is 0 Å². The van der Waals surface area contributed by atoms with E-state index in [0.29, 0.717) is 19.2 Å². The Labute approximate surface area is 203 Å². The monoisotopic (exact) mass is 465 g/mol. The summed E-state index contributed by atoms with van der Waals surface area (Å²) in [6, 6.07) is 18.8. The van der Waals surface area contributed by atoms with E-state index in [2.05, 4.69) is 80.8 Å². The first kappa shape index (κ1) is 21.4. The lowest BCUT2D eigenvalue weighted by atomic mass is 10.1. The molecule has 1 aliphatic heterocycles. The number of anilines is 3. The van der Waals surface area contributed by atoms with Crippen molar-refractivity contribution in [2.24, 2.45) is 14.1 Å². The number of nitrogens with zero attached hydrogens (tertiary/aromatic N) is 6. The highest BCUT2D eigenvalue weighted by molar-refractivity contribution is 5.84. The zero-order chi connectivity index (χ0) is 23.8. The molecule has 1 aliphatic rings. The lowest BCUT2D eigenvalue weighted by Gasteiger charge is -2.27. The van der Waals surface area contributed by atoms with Crippen LogP contribution in [-0.4, -0.2) is 50.6 Å². The van der Waals surface area contributed by atoms with Crippen LogP contribution in [0.2, 0.25) is 0 Å². The predicted octanol–water partition coefficient (Wildman–Crippen LogP) is 4.62. The molecule has 8 heteroatoms. The maximum atomic E-state index is 5.54. The second kappa shape index (κ2) is 8.88. The van der Waals surface area contributed by atoms with E-state index in [-0.39, 0.29) is 0 Å². The first-order chi connectivity index (χ1) is 17.1. The second-order valence-corrected chi connectivity index (χ2v) is 8.85. The van der Waals surface area contributed by atoms with E-state index < -0.39 is 0 Å². The molecule has 1 fully saturated rings. The smallest absolute Gasteiger partial charge is 0.228 e. The SMILES string of the molecule is Cn1ccc(-c2ccc(Nc3cc(-c4ccc5cnn(C)c5c4)nc(N4CCOCC4)n3)cc2)c1. The van der Waals surface area contributed by atoms with Gasteiger partial charge in [-0.3, -0.25) is 4.68 Å². The van der Waals surface area contributed by atoms with Crippen molar-refractivity contribution >= 4 is 28.4 Å². The van der Waals surface area contributed by atoms with E-state index in [1.807, 2.05) is 31.0 Å². The number of benzene rings is 2. The van der Waals surface area contributed by atoms with Crippen LogP contribution in [0.15, 0.2) is 73.2 Å². The molecule has 176 valence electrons. The summed E-state index contributed by atoms with van der Waals surface area (Å²) in [7, 11) is 3.99. The van der Waals surface area contributed by atoms with Gasteiger partial charge in [-0.05, 0) is 35.4 Å². The van der Waals surface area contributed by atoms with E-state index >= 15 is 0 Å². The standard InChI is InChI=1S/C27H27N7O/c1-32-10-9-22(18-32)19-5-7-23(8-6-19)29-26-16-24(30-27(31-26)34-11-13-35-14-12-34)20-3-4-21-17-28-33(2)25(21)15-20/h3-10,15-18H,11-14H2,1-2H3,(H,29,30,31). The van der Waals surface area contributed by atoms with Gasteiger partial charge >= 0.3 is 0 Å². The van der Waals surface area contributed by atoms with Crippen molar-refractivity contribution in [2.45, 2.75) is 0 Å². The molecule has 3 aromatic heterocycles. The van der Waals surface area contributed by atoms with Gasteiger partial charge in [0.15, 0.2) is 0 Å². The molecule has 2 aromatic carbocycles. The molecule has 0 spiro atoms. The van der Waals surface area contributed by atoms with Crippen LogP contribution in [0.5, 0.6) is 0 Å². The van der Waals surface area contributed by atoms with Gasteiger partial charge in [0, 0.05) is 62.3 Å². The van der Waals surface area contributed by atoms with E-state index in [0.717, 1.165) is 46.8 Å². The highest BCUT2D eigenvalue weighted by atomic mass is 16.5. The van der Waals surface area contributed by atoms with Crippen molar-refractivity contribution in [3.63, 3.8) is 0 Å². The van der Waals surface area contributed by atoms with Crippen LogP contribution in [0.3, 0.4) is 0 Å². The van der Waals surface area contributed by atoms with Gasteiger partial charge in [-0.2, -0.15) is 10.1 Å². The number of rotatable bonds is 5. The minimum Gasteiger partial charge on any atom is -0.378 e. The van der Waals surface area contributed by atoms with Crippen LogP contribution < -0.4 is 10.2 Å². The quantitative estimate of drug-likeness (QED) is 0.409. The van der Waals surface area contributed by atoms with E-state index in [4.69, 9.17) is 14.7 Å². The minimum atomic E-state index is 0.679. The third-order valence-corrected chi connectivity index (χ3v) is 6.38. The van der Waals surface area contributed by atoms with Gasteiger partial charge < -0.3 is 19.5 Å². The molecule has 8 nitrogen and oxygen atoms in total. The highest BCUT2D eigenvalue weighted by Gasteiger charge is 2.17. The number of fused-ring (bicyclic) bond motifs is 1. The molecular weight excluding hydrogens is 438 g/mol. The maximum Gasteiger partial charge on any atom is 0.228 e. The third kappa shape index (κ3) is 4.36. The lowest BCUT2D eigenvalue weighted by Crippen LogP contribution is -2.37. The van der Waals surface area contributed by atoms with Gasteiger partial charge in [-0.15, -0.1) is 0 Å². The molecule has 5 aromatic rings. The number of aromatic nitrogens is 5. The topological polar surface area (TPSA) is 73.0 Å². The molecule has 0 unspecified atom stereocenters. The fraction of sp³-hybridized carbons (Fsp3) is 0.222. The molecule has 0 radical (unpaired) electrons. The summed E-state index contributed by atoms with van der Waals surface area (Å²) in [6.07, 6.45) is 6.05. The fourth-order valence-electron chi connectivity index (χ4n) is 4.42. The van der Waals surface area contributed by atoms with Crippen LogP contribution in [0.4, 0.5) is 17.5 Å². The molecule has 0 aliphatic carbocycles. The van der Waals surface area contributed by atoms with E-state index in [9.17, 15) is 0 Å². The number of hydrogen-bond acceptors (Lipinski definition) is 6. The van der Waals surface area contributed by atoms with Crippen LogP contribution in [0.25, 0.3) is 33.3 Å². The molecule has 6 rings (SSSR count). The first-order valence-electron chi connectivity index (χ1n) is 11.8. The summed E-state index contributed by atoms with van der Waals surface area (Å²) >= 11 is 0. The Morgan fingerprint density at radius 2 is 1.66 bits per heavy atom. The van der Waals surface area contributed by atoms with Crippen LogP contribution in [0.1, 0.15) is 0 Å². The zero-order valence-corrected chi connectivity index (χ0v) is 19.8. The van der Waals surface area contributed by atoms with Crippen molar-refractivity contribution < 1.29 is 4.74 Å². The van der Waals surface area contributed by atoms with Gasteiger partial charge in [0.2, 0.25) is 5.95 Å². The number of morpholine rings is 1. The van der Waals surface area contributed by atoms with E-state index in [1.165, 1.54) is 11.1 Å². The molecule has 0 atom stereocenters. The molecular formula is C27H27N7O. The van der Waals surface area contributed by atoms with Gasteiger partial charge in [0.25, 0.3) is 0 Å². The average molecular weight is 466 g/mol. The largest absolute Gasteiger partial charge is 0.378 e. The lowest BCUT2D eigenvalue weighted by molar-refractivity contribution is 0.122. The number of hydrogen-bond donors (Lipinski definition) is 1. The Kier molecular flexibility index (Phi) is 5.42. The summed E-state index contributed by atoms with van der Waals surface area (Å²) in [6.45, 7) is 2.90. The van der Waals surface area contributed by atoms with Gasteiger partial charge in [0.05, 0.1) is 30.6 Å². The molecule has 0 saturated carbocycles. The van der Waals surface area contributed by atoms with E-state index in [1.54, 1.807) is 0 Å². The van der Waals surface area contributed by atoms with Crippen molar-refractivity contribution in [3.05, 3.63) is 73.2 Å². The molecule has 35 heavy (non-hydrogen) atoms. The van der Waals surface area contributed by atoms with Crippen LogP contribution in [-0.2, 0) is 18.8 Å². The number of aryl methyl sites for hydroxylation is 2. The third-order valence-electron chi connectivity index (χ3n) is 6.38. The van der Waals surface area contributed by atoms with Crippen molar-refractivity contribution in [3.8, 4) is 22.4 Å². The fourth-order valence-corrected chi connectivity index (χ4v) is 4.42. The Bertz CT molecular complexity index is 1480. The van der Waals surface area contributed by atoms with Crippen LogP contribution >= 0.6 is 0 Å². The summed E-state index contributed by atoms with van der Waals surface area (Å²) in [5, 5.41) is 8.97. The summed E-state index contributed by atoms with van der Waals surface area (Å²) in [4.78, 5) is 12.0. The minimum absolute atomic E-state index is 0.679. The average Bonchev–Trinajstić information content (AvgIpc) is 3.50. The summed E-state index contributed by atoms with van der Waals surface area (Å²) in [5.74, 6) is 1.47. The molecule has 0 bridgehead atoms. The Balaban J connectivity index is 1.35. The Hall–Kier alpha value is -4.17. The van der Waals surface area contributed by atoms with Gasteiger partial charge in [-0.1, -0.05) is 24.3 Å². The molecule has 0 amide bonds. The van der Waals surface area contributed by atoms with Gasteiger partial charge in [0.1, 0.15) is 5.82 Å². The van der Waals surface area contributed by atoms with Crippen molar-refractivity contribution in [1.82, 2.24) is 24.3 Å². The van der Waals surface area contributed by atoms with Gasteiger partial charge in [-0.25, -0.2) is 4.98 Å². The van der Waals surface area contributed by atoms with Crippen molar-refractivity contribution in [1.29, 1.82) is 0 Å². The predicted molar refractivity (Wildman–Crippen MR) is 139 cm³/mol.